The average Bonchev–Trinajstić information content (AvgIpc) is 3.21. The second-order valence-corrected chi connectivity index (χ2v) is 13.5. The van der Waals surface area contributed by atoms with Gasteiger partial charge in [0.2, 0.25) is 10.0 Å². The molecule has 0 aliphatic carbocycles. The molecule has 3 aromatic carbocycles. The summed E-state index contributed by atoms with van der Waals surface area (Å²) in [4.78, 5) is 2.25. The van der Waals surface area contributed by atoms with Gasteiger partial charge in [-0.15, -0.1) is 0 Å². The minimum Gasteiger partial charge on any atom is -0.497 e. The maximum absolute atomic E-state index is 13.4. The topological polar surface area (TPSA) is 89.4 Å². The number of hydrogen-bond acceptors (Lipinski definition) is 6. The number of rotatable bonds is 9. The molecular weight excluding hydrogens is 577 g/mol. The van der Waals surface area contributed by atoms with Gasteiger partial charge in [0, 0.05) is 37.6 Å². The van der Waals surface area contributed by atoms with Crippen LogP contribution in [0.15, 0.2) is 76.5 Å². The molecule has 4 rings (SSSR count). The van der Waals surface area contributed by atoms with E-state index in [0.717, 1.165) is 22.0 Å². The number of hydrogen-bond donors (Lipinski definition) is 1. The monoisotopic (exact) mass is 603 g/mol. The van der Waals surface area contributed by atoms with Crippen LogP contribution in [-0.4, -0.2) is 41.6 Å². The Morgan fingerprint density at radius 1 is 0.975 bits per heavy atom. The van der Waals surface area contributed by atoms with Crippen LogP contribution < -0.4 is 10.1 Å². The van der Waals surface area contributed by atoms with E-state index in [1.165, 1.54) is 37.0 Å². The maximum Gasteiger partial charge on any atom is 0.310 e. The molecule has 1 aromatic heterocycles. The lowest BCUT2D eigenvalue weighted by molar-refractivity contribution is 0.364. The third-order valence-corrected chi connectivity index (χ3v) is 9.03. The summed E-state index contributed by atoms with van der Waals surface area (Å²) in [7, 11) is -9.24. The number of methoxy groups -OCH3 is 1. The van der Waals surface area contributed by atoms with Gasteiger partial charge in [0.05, 0.1) is 12.0 Å². The zero-order valence-corrected chi connectivity index (χ0v) is 23.4. The van der Waals surface area contributed by atoms with Gasteiger partial charge in [-0.25, -0.2) is 13.4 Å². The summed E-state index contributed by atoms with van der Waals surface area (Å²) in [6, 6.07) is 13.3. The lowest BCUT2D eigenvalue weighted by Gasteiger charge is -2.40. The summed E-state index contributed by atoms with van der Waals surface area (Å²) in [5.41, 5.74) is 1.27. The SMILES string of the molecule is COc1ccc(CN(C)S(=O)(=O)c2ccc(Nc3ccc(S(F)(F)(F)(F)F)cc3)c(-c3nc(C)n(C)n3)c2)cc1. The van der Waals surface area contributed by atoms with Gasteiger partial charge in [-0.3, -0.25) is 4.68 Å². The molecule has 4 aromatic rings. The summed E-state index contributed by atoms with van der Waals surface area (Å²) < 4.78 is 100. The highest BCUT2D eigenvalue weighted by atomic mass is 32.5. The number of benzene rings is 3. The third-order valence-electron chi connectivity index (χ3n) is 6.06. The molecule has 0 unspecified atom stereocenters. The van der Waals surface area contributed by atoms with E-state index in [-0.39, 0.29) is 34.2 Å². The van der Waals surface area contributed by atoms with Gasteiger partial charge in [0.25, 0.3) is 0 Å². The zero-order valence-electron chi connectivity index (χ0n) is 21.8. The Kier molecular flexibility index (Phi) is 6.92. The van der Waals surface area contributed by atoms with Gasteiger partial charge >= 0.3 is 10.2 Å². The Balaban J connectivity index is 1.70. The summed E-state index contributed by atoms with van der Waals surface area (Å²) in [6.07, 6.45) is 0. The number of aromatic nitrogens is 3. The van der Waals surface area contributed by atoms with Crippen molar-refractivity contribution in [3.8, 4) is 17.1 Å². The molecule has 1 heterocycles. The van der Waals surface area contributed by atoms with E-state index in [1.54, 1.807) is 38.2 Å². The molecule has 0 saturated heterocycles. The summed E-state index contributed by atoms with van der Waals surface area (Å²) in [5, 5.41) is 7.15. The highest BCUT2D eigenvalue weighted by molar-refractivity contribution is 8.45. The van der Waals surface area contributed by atoms with Crippen molar-refractivity contribution in [1.82, 2.24) is 19.1 Å². The van der Waals surface area contributed by atoms with Gasteiger partial charge in [-0.2, -0.15) is 9.40 Å². The van der Waals surface area contributed by atoms with Crippen molar-refractivity contribution in [2.75, 3.05) is 19.5 Å². The molecule has 0 radical (unpaired) electrons. The fraction of sp³-hybridized carbons (Fsp3) is 0.200. The van der Waals surface area contributed by atoms with E-state index in [4.69, 9.17) is 4.74 Å². The molecule has 1 N–H and O–H groups in total. The van der Waals surface area contributed by atoms with E-state index in [9.17, 15) is 27.8 Å². The first-order valence-corrected chi connectivity index (χ1v) is 15.0. The van der Waals surface area contributed by atoms with Gasteiger partial charge in [0.1, 0.15) is 16.5 Å². The molecule has 0 spiro atoms. The fourth-order valence-electron chi connectivity index (χ4n) is 3.76. The van der Waals surface area contributed by atoms with Crippen LogP contribution in [0.1, 0.15) is 11.4 Å². The normalized spacial score (nSPS) is 14.1. The predicted molar refractivity (Wildman–Crippen MR) is 144 cm³/mol. The van der Waals surface area contributed by atoms with Crippen molar-refractivity contribution < 1.29 is 32.6 Å². The molecule has 40 heavy (non-hydrogen) atoms. The quantitative estimate of drug-likeness (QED) is 0.207. The smallest absolute Gasteiger partial charge is 0.310 e. The number of sulfonamides is 1. The average molecular weight is 604 g/mol. The van der Waals surface area contributed by atoms with Crippen molar-refractivity contribution in [3.63, 3.8) is 0 Å². The van der Waals surface area contributed by atoms with E-state index >= 15 is 0 Å². The standard InChI is InChI=1S/C25H26F5N5O3S2/c1-17-31-25(33-35(17)3)23-15-21(39(36,37)34(2)16-18-5-9-20(38-4)10-6-18)11-14-24(23)32-19-7-12-22(13-8-19)40(26,27,28,29)30/h5-15,32H,16H2,1-4H3. The first-order valence-electron chi connectivity index (χ1n) is 11.6. The Bertz CT molecular complexity index is 1640. The molecule has 216 valence electrons. The van der Waals surface area contributed by atoms with Crippen molar-refractivity contribution >= 4 is 31.6 Å². The fourth-order valence-corrected chi connectivity index (χ4v) is 5.59. The lowest BCUT2D eigenvalue weighted by Crippen LogP contribution is -2.26. The third kappa shape index (κ3) is 6.37. The molecule has 0 bridgehead atoms. The van der Waals surface area contributed by atoms with E-state index in [1.807, 2.05) is 0 Å². The first-order chi connectivity index (χ1) is 18.4. The first kappa shape index (κ1) is 29.3. The molecule has 15 heteroatoms. The van der Waals surface area contributed by atoms with Crippen LogP contribution >= 0.6 is 10.2 Å². The van der Waals surface area contributed by atoms with E-state index < -0.39 is 25.1 Å². The lowest BCUT2D eigenvalue weighted by atomic mass is 10.1. The Morgan fingerprint density at radius 3 is 2.12 bits per heavy atom. The second kappa shape index (κ2) is 9.45. The second-order valence-electron chi connectivity index (χ2n) is 9.04. The number of nitrogens with zero attached hydrogens (tertiary/aromatic N) is 4. The van der Waals surface area contributed by atoms with E-state index in [2.05, 4.69) is 15.4 Å². The summed E-state index contributed by atoms with van der Waals surface area (Å²) in [5.74, 6) is 1.30. The number of nitrogens with one attached hydrogen (secondary N) is 1. The molecule has 0 aliphatic rings. The Hall–Kier alpha value is -3.69. The maximum atomic E-state index is 13.4. The highest BCUT2D eigenvalue weighted by Gasteiger charge is 2.65. The van der Waals surface area contributed by atoms with Gasteiger partial charge in [-0.05, 0) is 67.1 Å². The van der Waals surface area contributed by atoms with Crippen molar-refractivity contribution in [3.05, 3.63) is 78.1 Å². The van der Waals surface area contributed by atoms with Crippen LogP contribution in [0.3, 0.4) is 0 Å². The number of ether oxygens (including phenoxy) is 1. The Morgan fingerprint density at radius 2 is 1.60 bits per heavy atom. The van der Waals surface area contributed by atoms with Crippen LogP contribution in [0.4, 0.5) is 30.8 Å². The number of anilines is 2. The Labute approximate surface area is 228 Å². The molecule has 0 saturated carbocycles. The van der Waals surface area contributed by atoms with Crippen molar-refractivity contribution in [2.45, 2.75) is 23.3 Å². The minimum absolute atomic E-state index is 0.0618. The van der Waals surface area contributed by atoms with Crippen LogP contribution in [-0.2, 0) is 23.6 Å². The summed E-state index contributed by atoms with van der Waals surface area (Å²) >= 11 is 0. The van der Waals surface area contributed by atoms with E-state index in [0.29, 0.717) is 23.7 Å². The van der Waals surface area contributed by atoms with Gasteiger partial charge in [0.15, 0.2) is 5.82 Å². The van der Waals surface area contributed by atoms with Gasteiger partial charge in [-0.1, -0.05) is 31.6 Å². The molecule has 8 nitrogen and oxygen atoms in total. The van der Waals surface area contributed by atoms with Crippen LogP contribution in [0, 0.1) is 6.92 Å². The minimum atomic E-state index is -9.83. The van der Waals surface area contributed by atoms with Crippen molar-refractivity contribution in [1.29, 1.82) is 0 Å². The van der Waals surface area contributed by atoms with Crippen LogP contribution in [0.25, 0.3) is 11.4 Å². The van der Waals surface area contributed by atoms with Crippen LogP contribution in [0.5, 0.6) is 5.75 Å². The zero-order chi connectivity index (χ0) is 29.6. The van der Waals surface area contributed by atoms with Gasteiger partial charge < -0.3 is 10.1 Å². The largest absolute Gasteiger partial charge is 0.497 e. The van der Waals surface area contributed by atoms with Crippen LogP contribution in [0.2, 0.25) is 0 Å². The summed E-state index contributed by atoms with van der Waals surface area (Å²) in [6.45, 7) is 1.76. The molecule has 0 amide bonds. The predicted octanol–water partition coefficient (Wildman–Crippen LogP) is 7.02. The molecular formula is C25H26F5N5O3S2. The molecule has 0 fully saturated rings. The molecule has 0 aliphatic heterocycles. The number of halogens is 5. The number of aryl methyl sites for hydroxylation is 2. The highest BCUT2D eigenvalue weighted by Crippen LogP contribution is 3.02. The van der Waals surface area contributed by atoms with Crippen molar-refractivity contribution in [2.24, 2.45) is 7.05 Å². The molecule has 0 atom stereocenters.